The van der Waals surface area contributed by atoms with E-state index in [2.05, 4.69) is 65.8 Å². The summed E-state index contributed by atoms with van der Waals surface area (Å²) < 4.78 is 0. The zero-order valence-electron chi connectivity index (χ0n) is 15.8. The third-order valence-corrected chi connectivity index (χ3v) is 6.49. The number of aryl methyl sites for hydroxylation is 1. The highest BCUT2D eigenvalue weighted by atomic mass is 32.2. The van der Waals surface area contributed by atoms with Gasteiger partial charge in [0.25, 0.3) is 0 Å². The Morgan fingerprint density at radius 3 is 2.63 bits per heavy atom. The van der Waals surface area contributed by atoms with Crippen molar-refractivity contribution in [2.24, 2.45) is 5.92 Å². The number of carbonyl (C=O) groups is 1. The number of para-hydroxylation sites is 1. The molecule has 1 amide bonds. The number of benzene rings is 2. The number of fused-ring (bicyclic) bond motifs is 1. The first-order valence-electron chi connectivity index (χ1n) is 9.80. The molecule has 27 heavy (non-hydrogen) atoms. The number of carbonyl (C=O) groups excluding carboxylic acids is 1. The molecule has 1 aliphatic rings. The van der Waals surface area contributed by atoms with Crippen LogP contribution in [0.4, 0.5) is 0 Å². The van der Waals surface area contributed by atoms with Crippen molar-refractivity contribution in [3.8, 4) is 11.3 Å². The van der Waals surface area contributed by atoms with Crippen LogP contribution in [-0.4, -0.2) is 23.2 Å². The van der Waals surface area contributed by atoms with E-state index in [1.165, 1.54) is 39.9 Å². The number of rotatable bonds is 6. The number of aromatic amines is 1. The van der Waals surface area contributed by atoms with Gasteiger partial charge in [0, 0.05) is 34.0 Å². The first-order chi connectivity index (χ1) is 13.2. The lowest BCUT2D eigenvalue weighted by Gasteiger charge is -2.10. The molecule has 2 aromatic carbocycles. The minimum Gasteiger partial charge on any atom is -0.355 e. The van der Waals surface area contributed by atoms with E-state index in [9.17, 15) is 4.79 Å². The summed E-state index contributed by atoms with van der Waals surface area (Å²) in [5.74, 6) is 1.36. The van der Waals surface area contributed by atoms with E-state index in [0.29, 0.717) is 6.54 Å². The Morgan fingerprint density at radius 1 is 1.11 bits per heavy atom. The van der Waals surface area contributed by atoms with Crippen molar-refractivity contribution < 1.29 is 4.79 Å². The molecule has 1 aliphatic carbocycles. The fraction of sp³-hybridized carbons (Fsp3) is 0.348. The van der Waals surface area contributed by atoms with E-state index < -0.39 is 0 Å². The molecule has 2 N–H and O–H groups in total. The molecule has 4 rings (SSSR count). The molecule has 1 heterocycles. The maximum atomic E-state index is 12.2. The zero-order chi connectivity index (χ0) is 18.6. The predicted octanol–water partition coefficient (Wildman–Crippen LogP) is 5.54. The van der Waals surface area contributed by atoms with Gasteiger partial charge in [-0.15, -0.1) is 11.8 Å². The molecule has 4 heteroatoms. The molecule has 1 aromatic heterocycles. The van der Waals surface area contributed by atoms with Crippen molar-refractivity contribution >= 4 is 28.6 Å². The highest BCUT2D eigenvalue weighted by molar-refractivity contribution is 7.99. The lowest BCUT2D eigenvalue weighted by Crippen LogP contribution is -2.30. The van der Waals surface area contributed by atoms with Crippen LogP contribution in [0.15, 0.2) is 53.4 Å². The van der Waals surface area contributed by atoms with E-state index in [1.54, 1.807) is 0 Å². The second-order valence-electron chi connectivity index (χ2n) is 7.36. The van der Waals surface area contributed by atoms with Gasteiger partial charge in [-0.05, 0) is 31.4 Å². The summed E-state index contributed by atoms with van der Waals surface area (Å²) in [7, 11) is 0. The van der Waals surface area contributed by atoms with Gasteiger partial charge >= 0.3 is 0 Å². The van der Waals surface area contributed by atoms with Gasteiger partial charge in [-0.2, -0.15) is 0 Å². The Kier molecular flexibility index (Phi) is 5.53. The van der Waals surface area contributed by atoms with Gasteiger partial charge in [0.1, 0.15) is 0 Å². The van der Waals surface area contributed by atoms with E-state index in [4.69, 9.17) is 0 Å². The van der Waals surface area contributed by atoms with Gasteiger partial charge in [-0.25, -0.2) is 0 Å². The molecule has 1 fully saturated rings. The molecule has 0 aliphatic heterocycles. The van der Waals surface area contributed by atoms with Crippen molar-refractivity contribution in [3.05, 3.63) is 54.1 Å². The third kappa shape index (κ3) is 4.06. The molecule has 0 unspecified atom stereocenters. The highest BCUT2D eigenvalue weighted by Gasteiger charge is 2.22. The van der Waals surface area contributed by atoms with Crippen LogP contribution < -0.4 is 5.32 Å². The summed E-state index contributed by atoms with van der Waals surface area (Å²) >= 11 is 1.82. The minimum absolute atomic E-state index is 0.241. The Balaban J connectivity index is 1.49. The lowest BCUT2D eigenvalue weighted by molar-refractivity contribution is -0.124. The van der Waals surface area contributed by atoms with Crippen molar-refractivity contribution in [1.82, 2.24) is 10.3 Å². The van der Waals surface area contributed by atoms with Crippen LogP contribution in [0, 0.1) is 12.8 Å². The number of nitrogens with one attached hydrogen (secondary N) is 2. The van der Waals surface area contributed by atoms with E-state index >= 15 is 0 Å². The van der Waals surface area contributed by atoms with E-state index in [0.717, 1.165) is 24.1 Å². The topological polar surface area (TPSA) is 44.9 Å². The van der Waals surface area contributed by atoms with Crippen molar-refractivity contribution in [2.75, 3.05) is 12.3 Å². The summed E-state index contributed by atoms with van der Waals surface area (Å²) in [5, 5.41) is 4.38. The third-order valence-electron chi connectivity index (χ3n) is 5.37. The SMILES string of the molecule is Cc1ccc(-c2[nH]c3ccccc3c2SCCNC(=O)C2CCCC2)cc1. The Morgan fingerprint density at radius 2 is 1.85 bits per heavy atom. The number of aromatic nitrogens is 1. The average molecular weight is 379 g/mol. The van der Waals surface area contributed by atoms with E-state index in [1.807, 2.05) is 11.8 Å². The second-order valence-corrected chi connectivity index (χ2v) is 8.47. The minimum atomic E-state index is 0.241. The fourth-order valence-electron chi connectivity index (χ4n) is 3.85. The summed E-state index contributed by atoms with van der Waals surface area (Å²) in [4.78, 5) is 17.1. The molecule has 0 saturated heterocycles. The van der Waals surface area contributed by atoms with Crippen molar-refractivity contribution in [3.63, 3.8) is 0 Å². The molecule has 0 radical (unpaired) electrons. The summed E-state index contributed by atoms with van der Waals surface area (Å²) in [6, 6.07) is 17.1. The fourth-order valence-corrected chi connectivity index (χ4v) is 4.90. The summed E-state index contributed by atoms with van der Waals surface area (Å²) in [5.41, 5.74) is 4.79. The molecule has 3 nitrogen and oxygen atoms in total. The van der Waals surface area contributed by atoms with Crippen LogP contribution in [0.1, 0.15) is 31.2 Å². The number of thioether (sulfide) groups is 1. The molecular weight excluding hydrogens is 352 g/mol. The highest BCUT2D eigenvalue weighted by Crippen LogP contribution is 2.37. The lowest BCUT2D eigenvalue weighted by atomic mass is 10.1. The number of hydrogen-bond donors (Lipinski definition) is 2. The maximum absolute atomic E-state index is 12.2. The average Bonchev–Trinajstić information content (AvgIpc) is 3.34. The molecule has 140 valence electrons. The van der Waals surface area contributed by atoms with Crippen molar-refractivity contribution in [1.29, 1.82) is 0 Å². The predicted molar refractivity (Wildman–Crippen MR) is 114 cm³/mol. The van der Waals surface area contributed by atoms with Gasteiger partial charge in [-0.3, -0.25) is 4.79 Å². The number of hydrogen-bond acceptors (Lipinski definition) is 2. The van der Waals surface area contributed by atoms with Gasteiger partial charge in [0.2, 0.25) is 5.91 Å². The molecule has 0 atom stereocenters. The first kappa shape index (κ1) is 18.2. The molecule has 0 spiro atoms. The molecule has 3 aromatic rings. The Hall–Kier alpha value is -2.20. The van der Waals surface area contributed by atoms with Crippen LogP contribution >= 0.6 is 11.8 Å². The monoisotopic (exact) mass is 378 g/mol. The molecule has 1 saturated carbocycles. The quantitative estimate of drug-likeness (QED) is 0.437. The Bertz CT molecular complexity index is 923. The molecule has 0 bridgehead atoms. The smallest absolute Gasteiger partial charge is 0.223 e. The second kappa shape index (κ2) is 8.22. The molecular formula is C23H26N2OS. The van der Waals surface area contributed by atoms with Crippen molar-refractivity contribution in [2.45, 2.75) is 37.5 Å². The first-order valence-corrected chi connectivity index (χ1v) is 10.8. The Labute approximate surface area is 164 Å². The largest absolute Gasteiger partial charge is 0.355 e. The van der Waals surface area contributed by atoms with Crippen LogP contribution in [0.2, 0.25) is 0 Å². The van der Waals surface area contributed by atoms with Gasteiger partial charge in [0.15, 0.2) is 0 Å². The normalized spacial score (nSPS) is 14.7. The number of amides is 1. The zero-order valence-corrected chi connectivity index (χ0v) is 16.6. The van der Waals surface area contributed by atoms with Gasteiger partial charge in [0.05, 0.1) is 5.69 Å². The maximum Gasteiger partial charge on any atom is 0.223 e. The standard InChI is InChI=1S/C23H26N2OS/c1-16-10-12-17(13-11-16)21-22(19-8-4-5-9-20(19)25-21)27-15-14-24-23(26)18-6-2-3-7-18/h4-5,8-13,18,25H,2-3,6-7,14-15H2,1H3,(H,24,26). The summed E-state index contributed by atoms with van der Waals surface area (Å²) in [6.45, 7) is 2.82. The van der Waals surface area contributed by atoms with E-state index in [-0.39, 0.29) is 11.8 Å². The van der Waals surface area contributed by atoms with Crippen LogP contribution in [-0.2, 0) is 4.79 Å². The van der Waals surface area contributed by atoms with Crippen LogP contribution in [0.25, 0.3) is 22.2 Å². The number of H-pyrrole nitrogens is 1. The van der Waals surface area contributed by atoms with Gasteiger partial charge in [-0.1, -0.05) is 60.9 Å². The van der Waals surface area contributed by atoms with Crippen LogP contribution in [0.5, 0.6) is 0 Å². The van der Waals surface area contributed by atoms with Crippen LogP contribution in [0.3, 0.4) is 0 Å². The van der Waals surface area contributed by atoms with Gasteiger partial charge < -0.3 is 10.3 Å². The summed E-state index contributed by atoms with van der Waals surface area (Å²) in [6.07, 6.45) is 4.50.